The van der Waals surface area contributed by atoms with Crippen LogP contribution in [0.3, 0.4) is 0 Å². The molecule has 18 heavy (non-hydrogen) atoms. The van der Waals surface area contributed by atoms with E-state index in [-0.39, 0.29) is 0 Å². The van der Waals surface area contributed by atoms with Gasteiger partial charge in [-0.1, -0.05) is 30.7 Å². The van der Waals surface area contributed by atoms with Gasteiger partial charge in [0.05, 0.1) is 0 Å². The number of hydrogen-bond donors (Lipinski definition) is 1. The molecule has 0 amide bonds. The van der Waals surface area contributed by atoms with Crippen LogP contribution in [-0.2, 0) is 12.8 Å². The lowest BCUT2D eigenvalue weighted by molar-refractivity contribution is 0.345. The summed E-state index contributed by atoms with van der Waals surface area (Å²) in [5.41, 5.74) is 3.12. The molecule has 1 aromatic carbocycles. The predicted octanol–water partition coefficient (Wildman–Crippen LogP) is 3.42. The molecule has 0 heterocycles. The number of nitrogens with one attached hydrogen (secondary N) is 1. The van der Waals surface area contributed by atoms with E-state index in [0.717, 1.165) is 11.3 Å². The minimum Gasteiger partial charge on any atom is -0.311 e. The highest BCUT2D eigenvalue weighted by molar-refractivity contribution is 7.99. The third-order valence-electron chi connectivity index (χ3n) is 4.48. The molecule has 2 unspecified atom stereocenters. The molecule has 1 aromatic rings. The van der Waals surface area contributed by atoms with Crippen molar-refractivity contribution in [2.75, 3.05) is 6.26 Å². The van der Waals surface area contributed by atoms with Crippen molar-refractivity contribution < 1.29 is 0 Å². The van der Waals surface area contributed by atoms with Crippen molar-refractivity contribution in [3.8, 4) is 0 Å². The zero-order chi connectivity index (χ0) is 12.4. The molecule has 0 saturated heterocycles. The van der Waals surface area contributed by atoms with Gasteiger partial charge < -0.3 is 5.32 Å². The maximum Gasteiger partial charge on any atom is 0.0151 e. The molecule has 0 radical (unpaired) electrons. The minimum absolute atomic E-state index is 0.688. The SMILES string of the molecule is CSC1CCCC(NC2Cc3ccccc3C2)C1. The highest BCUT2D eigenvalue weighted by Gasteiger charge is 2.26. The molecule has 2 atom stereocenters. The molecule has 1 fully saturated rings. The summed E-state index contributed by atoms with van der Waals surface area (Å²) in [4.78, 5) is 0. The maximum atomic E-state index is 3.92. The summed E-state index contributed by atoms with van der Waals surface area (Å²) in [7, 11) is 0. The van der Waals surface area contributed by atoms with Crippen LogP contribution in [0.1, 0.15) is 36.8 Å². The summed E-state index contributed by atoms with van der Waals surface area (Å²) >= 11 is 2.05. The Morgan fingerprint density at radius 3 is 2.44 bits per heavy atom. The summed E-state index contributed by atoms with van der Waals surface area (Å²) < 4.78 is 0. The van der Waals surface area contributed by atoms with Crippen LogP contribution in [0, 0.1) is 0 Å². The lowest BCUT2D eigenvalue weighted by Crippen LogP contribution is -2.42. The van der Waals surface area contributed by atoms with Crippen LogP contribution in [0.4, 0.5) is 0 Å². The van der Waals surface area contributed by atoms with Crippen LogP contribution in [0.25, 0.3) is 0 Å². The van der Waals surface area contributed by atoms with Gasteiger partial charge in [0.2, 0.25) is 0 Å². The van der Waals surface area contributed by atoms with Crippen molar-refractivity contribution >= 4 is 11.8 Å². The Bertz CT molecular complexity index is 379. The standard InChI is InChI=1S/C16H23NS/c1-18-16-8-4-7-14(11-16)17-15-9-12-5-2-3-6-13(12)10-15/h2-3,5-6,14-17H,4,7-11H2,1H3. The molecule has 98 valence electrons. The molecule has 1 N–H and O–H groups in total. The first-order valence-corrected chi connectivity index (χ1v) is 8.49. The van der Waals surface area contributed by atoms with Gasteiger partial charge in [0.15, 0.2) is 0 Å². The van der Waals surface area contributed by atoms with Gasteiger partial charge in [0, 0.05) is 17.3 Å². The van der Waals surface area contributed by atoms with Gasteiger partial charge in [-0.05, 0) is 49.5 Å². The second kappa shape index (κ2) is 5.66. The summed E-state index contributed by atoms with van der Waals surface area (Å²) in [6.45, 7) is 0. The Labute approximate surface area is 115 Å². The molecule has 2 aliphatic rings. The zero-order valence-corrected chi connectivity index (χ0v) is 12.0. The average Bonchev–Trinajstić information content (AvgIpc) is 2.81. The molecule has 3 rings (SSSR count). The van der Waals surface area contributed by atoms with E-state index < -0.39 is 0 Å². The van der Waals surface area contributed by atoms with Gasteiger partial charge >= 0.3 is 0 Å². The maximum absolute atomic E-state index is 3.92. The van der Waals surface area contributed by atoms with Gasteiger partial charge in [-0.3, -0.25) is 0 Å². The Kier molecular flexibility index (Phi) is 3.95. The Hall–Kier alpha value is -0.470. The van der Waals surface area contributed by atoms with Crippen LogP contribution in [0.15, 0.2) is 24.3 Å². The summed E-state index contributed by atoms with van der Waals surface area (Å²) in [6, 6.07) is 10.4. The van der Waals surface area contributed by atoms with Gasteiger partial charge in [-0.25, -0.2) is 0 Å². The largest absolute Gasteiger partial charge is 0.311 e. The van der Waals surface area contributed by atoms with Crippen molar-refractivity contribution in [3.05, 3.63) is 35.4 Å². The number of benzene rings is 1. The van der Waals surface area contributed by atoms with Crippen molar-refractivity contribution in [1.82, 2.24) is 5.32 Å². The average molecular weight is 261 g/mol. The van der Waals surface area contributed by atoms with E-state index >= 15 is 0 Å². The van der Waals surface area contributed by atoms with Crippen LogP contribution in [0.2, 0.25) is 0 Å². The lowest BCUT2D eigenvalue weighted by atomic mass is 9.94. The van der Waals surface area contributed by atoms with E-state index in [1.807, 2.05) is 0 Å². The topological polar surface area (TPSA) is 12.0 Å². The summed E-state index contributed by atoms with van der Waals surface area (Å²) in [5, 5.41) is 4.80. The number of rotatable bonds is 3. The van der Waals surface area contributed by atoms with Crippen LogP contribution in [-0.4, -0.2) is 23.6 Å². The molecule has 0 aliphatic heterocycles. The summed E-state index contributed by atoms with van der Waals surface area (Å²) in [6.07, 6.45) is 10.3. The van der Waals surface area contributed by atoms with Crippen molar-refractivity contribution in [3.63, 3.8) is 0 Å². The zero-order valence-electron chi connectivity index (χ0n) is 11.2. The number of thioether (sulfide) groups is 1. The molecule has 1 nitrogen and oxygen atoms in total. The lowest BCUT2D eigenvalue weighted by Gasteiger charge is -2.31. The number of hydrogen-bond acceptors (Lipinski definition) is 2. The van der Waals surface area contributed by atoms with Crippen LogP contribution in [0.5, 0.6) is 0 Å². The fraction of sp³-hybridized carbons (Fsp3) is 0.625. The molecular weight excluding hydrogens is 238 g/mol. The van der Waals surface area contributed by atoms with Crippen LogP contribution < -0.4 is 5.32 Å². The number of fused-ring (bicyclic) bond motifs is 1. The van der Waals surface area contributed by atoms with E-state index in [9.17, 15) is 0 Å². The first kappa shape index (κ1) is 12.6. The van der Waals surface area contributed by atoms with Gasteiger partial charge in [0.1, 0.15) is 0 Å². The molecule has 0 bridgehead atoms. The second-order valence-corrected chi connectivity index (χ2v) is 6.90. The van der Waals surface area contributed by atoms with E-state index in [1.165, 1.54) is 38.5 Å². The van der Waals surface area contributed by atoms with Gasteiger partial charge in [0.25, 0.3) is 0 Å². The smallest absolute Gasteiger partial charge is 0.0151 e. The summed E-state index contributed by atoms with van der Waals surface area (Å²) in [5.74, 6) is 0. The molecule has 2 heteroatoms. The second-order valence-electron chi connectivity index (χ2n) is 5.76. The highest BCUT2D eigenvalue weighted by atomic mass is 32.2. The van der Waals surface area contributed by atoms with Gasteiger partial charge in [-0.15, -0.1) is 0 Å². The molecule has 0 spiro atoms. The van der Waals surface area contributed by atoms with E-state index in [1.54, 1.807) is 11.1 Å². The van der Waals surface area contributed by atoms with E-state index in [4.69, 9.17) is 0 Å². The Balaban J connectivity index is 1.56. The van der Waals surface area contributed by atoms with E-state index in [0.29, 0.717) is 6.04 Å². The monoisotopic (exact) mass is 261 g/mol. The fourth-order valence-electron chi connectivity index (χ4n) is 3.52. The van der Waals surface area contributed by atoms with Crippen LogP contribution >= 0.6 is 11.8 Å². The fourth-order valence-corrected chi connectivity index (χ4v) is 4.35. The predicted molar refractivity (Wildman–Crippen MR) is 80.3 cm³/mol. The Morgan fingerprint density at radius 2 is 1.78 bits per heavy atom. The quantitative estimate of drug-likeness (QED) is 0.895. The van der Waals surface area contributed by atoms with Crippen molar-refractivity contribution in [2.45, 2.75) is 55.9 Å². The normalized spacial score (nSPS) is 28.3. The molecular formula is C16H23NS. The Morgan fingerprint density at radius 1 is 1.06 bits per heavy atom. The first-order chi connectivity index (χ1) is 8.85. The molecule has 0 aromatic heterocycles. The molecule has 2 aliphatic carbocycles. The molecule has 1 saturated carbocycles. The third kappa shape index (κ3) is 2.75. The van der Waals surface area contributed by atoms with Crippen molar-refractivity contribution in [2.24, 2.45) is 0 Å². The van der Waals surface area contributed by atoms with E-state index in [2.05, 4.69) is 47.6 Å². The van der Waals surface area contributed by atoms with Gasteiger partial charge in [-0.2, -0.15) is 11.8 Å². The minimum atomic E-state index is 0.688. The highest BCUT2D eigenvalue weighted by Crippen LogP contribution is 2.29. The first-order valence-electron chi connectivity index (χ1n) is 7.21. The third-order valence-corrected chi connectivity index (χ3v) is 5.58. The van der Waals surface area contributed by atoms with Crippen molar-refractivity contribution in [1.29, 1.82) is 0 Å².